The summed E-state index contributed by atoms with van der Waals surface area (Å²) in [5.41, 5.74) is 8.09. The van der Waals surface area contributed by atoms with E-state index in [0.29, 0.717) is 29.2 Å². The molecule has 3 heterocycles. The van der Waals surface area contributed by atoms with Crippen LogP contribution in [0, 0.1) is 0 Å². The molecule has 0 aliphatic rings. The number of nitrogen functional groups attached to an aromatic ring is 1. The second-order valence-electron chi connectivity index (χ2n) is 7.34. The SMILES string of the molecule is COc1ccc2c(-c3cn(Cc4ccn(C(C)(C)CO)n4)nn3)nc(N)nc2c1. The maximum absolute atomic E-state index is 9.50. The average Bonchev–Trinajstić information content (AvgIpc) is 3.37. The zero-order valence-electron chi connectivity index (χ0n) is 16.4. The van der Waals surface area contributed by atoms with Gasteiger partial charge in [0.2, 0.25) is 5.95 Å². The van der Waals surface area contributed by atoms with Gasteiger partial charge in [-0.3, -0.25) is 4.68 Å². The van der Waals surface area contributed by atoms with Crippen molar-refractivity contribution in [1.29, 1.82) is 0 Å². The fourth-order valence-electron chi connectivity index (χ4n) is 2.96. The number of ether oxygens (including phenoxy) is 1. The van der Waals surface area contributed by atoms with Gasteiger partial charge in [-0.05, 0) is 32.0 Å². The van der Waals surface area contributed by atoms with Crippen LogP contribution in [-0.2, 0) is 12.1 Å². The predicted molar refractivity (Wildman–Crippen MR) is 107 cm³/mol. The van der Waals surface area contributed by atoms with Gasteiger partial charge >= 0.3 is 0 Å². The third-order valence-electron chi connectivity index (χ3n) is 4.68. The standard InChI is InChI=1S/C19H22N8O2/c1-19(2,11-28)27-7-6-12(24-27)9-26-10-16(23-25-26)17-14-5-4-13(29-3)8-15(14)21-18(20)22-17/h4-8,10,28H,9,11H2,1-3H3,(H2,20,21,22). The summed E-state index contributed by atoms with van der Waals surface area (Å²) >= 11 is 0. The van der Waals surface area contributed by atoms with Crippen LogP contribution in [0.3, 0.4) is 0 Å². The first kappa shape index (κ1) is 18.8. The molecule has 0 unspecified atom stereocenters. The highest BCUT2D eigenvalue weighted by atomic mass is 16.5. The summed E-state index contributed by atoms with van der Waals surface area (Å²) in [6.07, 6.45) is 3.64. The number of rotatable bonds is 6. The number of aromatic nitrogens is 7. The van der Waals surface area contributed by atoms with E-state index in [2.05, 4.69) is 25.4 Å². The van der Waals surface area contributed by atoms with Crippen molar-refractivity contribution in [2.24, 2.45) is 0 Å². The van der Waals surface area contributed by atoms with Crippen LogP contribution < -0.4 is 10.5 Å². The van der Waals surface area contributed by atoms with Crippen LogP contribution in [0.15, 0.2) is 36.7 Å². The number of nitrogens with zero attached hydrogens (tertiary/aromatic N) is 7. The van der Waals surface area contributed by atoms with Crippen LogP contribution in [0.1, 0.15) is 19.5 Å². The summed E-state index contributed by atoms with van der Waals surface area (Å²) in [5.74, 6) is 0.840. The molecule has 0 fully saturated rings. The van der Waals surface area contributed by atoms with Gasteiger partial charge in [0.15, 0.2) is 0 Å². The highest BCUT2D eigenvalue weighted by molar-refractivity contribution is 5.92. The van der Waals surface area contributed by atoms with Crippen molar-refractivity contribution >= 4 is 16.9 Å². The number of nitrogens with two attached hydrogens (primary N) is 1. The first-order valence-electron chi connectivity index (χ1n) is 9.07. The predicted octanol–water partition coefficient (Wildman–Crippen LogP) is 1.45. The van der Waals surface area contributed by atoms with Gasteiger partial charge in [0.25, 0.3) is 0 Å². The molecule has 0 saturated carbocycles. The topological polar surface area (TPSA) is 130 Å². The van der Waals surface area contributed by atoms with E-state index in [1.807, 2.05) is 38.2 Å². The van der Waals surface area contributed by atoms with Crippen molar-refractivity contribution < 1.29 is 9.84 Å². The molecule has 4 rings (SSSR count). The number of hydrogen-bond acceptors (Lipinski definition) is 8. The van der Waals surface area contributed by atoms with E-state index in [1.54, 1.807) is 28.7 Å². The molecule has 0 amide bonds. The highest BCUT2D eigenvalue weighted by Crippen LogP contribution is 2.28. The number of methoxy groups -OCH3 is 1. The number of benzene rings is 1. The molecule has 3 N–H and O–H groups in total. The van der Waals surface area contributed by atoms with Crippen LogP contribution in [0.2, 0.25) is 0 Å². The lowest BCUT2D eigenvalue weighted by Crippen LogP contribution is -2.31. The van der Waals surface area contributed by atoms with Gasteiger partial charge < -0.3 is 15.6 Å². The van der Waals surface area contributed by atoms with Gasteiger partial charge in [0, 0.05) is 17.6 Å². The fourth-order valence-corrected chi connectivity index (χ4v) is 2.96. The van der Waals surface area contributed by atoms with Crippen molar-refractivity contribution in [2.75, 3.05) is 19.5 Å². The Labute approximate surface area is 167 Å². The molecule has 0 bridgehead atoms. The van der Waals surface area contributed by atoms with Crippen LogP contribution in [0.4, 0.5) is 5.95 Å². The molecule has 0 radical (unpaired) electrons. The molecule has 0 aliphatic heterocycles. The van der Waals surface area contributed by atoms with E-state index in [1.165, 1.54) is 0 Å². The Bertz CT molecular complexity index is 1160. The van der Waals surface area contributed by atoms with Crippen LogP contribution in [-0.4, -0.2) is 53.6 Å². The minimum absolute atomic E-state index is 0.00537. The third kappa shape index (κ3) is 3.61. The molecule has 0 saturated heterocycles. The Morgan fingerprint density at radius 3 is 2.79 bits per heavy atom. The molecule has 10 nitrogen and oxygen atoms in total. The molecule has 1 aromatic carbocycles. The number of anilines is 1. The van der Waals surface area contributed by atoms with E-state index in [-0.39, 0.29) is 12.6 Å². The Kier molecular flexibility index (Phi) is 4.63. The van der Waals surface area contributed by atoms with E-state index in [4.69, 9.17) is 10.5 Å². The van der Waals surface area contributed by atoms with Crippen LogP contribution >= 0.6 is 0 Å². The Morgan fingerprint density at radius 2 is 2.03 bits per heavy atom. The van der Waals surface area contributed by atoms with Crippen molar-refractivity contribution in [3.05, 3.63) is 42.4 Å². The zero-order chi connectivity index (χ0) is 20.6. The molecular formula is C19H22N8O2. The second-order valence-corrected chi connectivity index (χ2v) is 7.34. The summed E-state index contributed by atoms with van der Waals surface area (Å²) in [6, 6.07) is 7.41. The van der Waals surface area contributed by atoms with Gasteiger partial charge in [-0.1, -0.05) is 5.21 Å². The molecule has 0 atom stereocenters. The summed E-state index contributed by atoms with van der Waals surface area (Å²) in [7, 11) is 1.60. The Hall–Kier alpha value is -3.53. The van der Waals surface area contributed by atoms with E-state index >= 15 is 0 Å². The highest BCUT2D eigenvalue weighted by Gasteiger charge is 2.20. The number of fused-ring (bicyclic) bond motifs is 1. The smallest absolute Gasteiger partial charge is 0.221 e. The average molecular weight is 394 g/mol. The number of aliphatic hydroxyl groups is 1. The van der Waals surface area contributed by atoms with Gasteiger partial charge in [0.1, 0.15) is 17.1 Å². The monoisotopic (exact) mass is 394 g/mol. The maximum Gasteiger partial charge on any atom is 0.221 e. The normalized spacial score (nSPS) is 11.9. The summed E-state index contributed by atoms with van der Waals surface area (Å²) in [5, 5.41) is 23.3. The molecule has 29 heavy (non-hydrogen) atoms. The summed E-state index contributed by atoms with van der Waals surface area (Å²) in [4.78, 5) is 8.63. The Morgan fingerprint density at radius 1 is 1.21 bits per heavy atom. The van der Waals surface area contributed by atoms with Crippen LogP contribution in [0.25, 0.3) is 22.3 Å². The molecule has 4 aromatic rings. The summed E-state index contributed by atoms with van der Waals surface area (Å²) in [6.45, 7) is 4.26. The number of hydrogen-bond donors (Lipinski definition) is 2. The van der Waals surface area contributed by atoms with Gasteiger partial charge in [-0.15, -0.1) is 5.10 Å². The van der Waals surface area contributed by atoms with Crippen LogP contribution in [0.5, 0.6) is 5.75 Å². The first-order valence-corrected chi connectivity index (χ1v) is 9.07. The molecule has 0 aliphatic carbocycles. The lowest BCUT2D eigenvalue weighted by molar-refractivity contribution is 0.151. The van der Waals surface area contributed by atoms with Crippen molar-refractivity contribution in [1.82, 2.24) is 34.7 Å². The summed E-state index contributed by atoms with van der Waals surface area (Å²) < 4.78 is 8.68. The largest absolute Gasteiger partial charge is 0.497 e. The number of aliphatic hydroxyl groups excluding tert-OH is 1. The van der Waals surface area contributed by atoms with E-state index in [9.17, 15) is 5.11 Å². The van der Waals surface area contributed by atoms with Crippen molar-refractivity contribution in [3.63, 3.8) is 0 Å². The van der Waals surface area contributed by atoms with Gasteiger partial charge in [0.05, 0.1) is 43.2 Å². The van der Waals surface area contributed by atoms with E-state index < -0.39 is 5.54 Å². The molecule has 150 valence electrons. The molecule has 10 heteroatoms. The maximum atomic E-state index is 9.50. The molecule has 3 aromatic heterocycles. The fraction of sp³-hybridized carbons (Fsp3) is 0.316. The van der Waals surface area contributed by atoms with Crippen molar-refractivity contribution in [2.45, 2.75) is 25.9 Å². The second kappa shape index (κ2) is 7.13. The minimum atomic E-state index is -0.468. The van der Waals surface area contributed by atoms with E-state index in [0.717, 1.165) is 11.1 Å². The quantitative estimate of drug-likeness (QED) is 0.503. The van der Waals surface area contributed by atoms with Crippen molar-refractivity contribution in [3.8, 4) is 17.1 Å². The minimum Gasteiger partial charge on any atom is -0.497 e. The Balaban J connectivity index is 1.64. The lowest BCUT2D eigenvalue weighted by atomic mass is 10.1. The molecular weight excluding hydrogens is 372 g/mol. The molecule has 0 spiro atoms. The van der Waals surface area contributed by atoms with Gasteiger partial charge in [-0.25, -0.2) is 14.6 Å². The lowest BCUT2D eigenvalue weighted by Gasteiger charge is -2.22. The zero-order valence-corrected chi connectivity index (χ0v) is 16.4. The van der Waals surface area contributed by atoms with Gasteiger partial charge in [-0.2, -0.15) is 5.10 Å². The third-order valence-corrected chi connectivity index (χ3v) is 4.68. The first-order chi connectivity index (χ1) is 13.9.